The number of benzene rings is 1. The number of hydrogen-bond donors (Lipinski definition) is 1. The Morgan fingerprint density at radius 3 is 2.71 bits per heavy atom. The molecule has 1 aliphatic rings. The summed E-state index contributed by atoms with van der Waals surface area (Å²) in [5, 5.41) is 2.86. The number of hydrogen-bond acceptors (Lipinski definition) is 2. The maximum atomic E-state index is 12.5. The number of anilines is 1. The minimum Gasteiger partial charge on any atom is -0.355 e. The third-order valence-electron chi connectivity index (χ3n) is 3.85. The van der Waals surface area contributed by atoms with Crippen LogP contribution in [0.2, 0.25) is 0 Å². The third-order valence-corrected chi connectivity index (χ3v) is 3.85. The summed E-state index contributed by atoms with van der Waals surface area (Å²) in [5.41, 5.74) is 3.17. The molecule has 0 aliphatic carbocycles. The van der Waals surface area contributed by atoms with E-state index < -0.39 is 5.92 Å². The minimum absolute atomic E-state index is 0.0804. The number of nitrogens with zero attached hydrogens (tertiary/aromatic N) is 1. The lowest BCUT2D eigenvalue weighted by Crippen LogP contribution is -2.38. The molecular weight excluding hydrogens is 264 g/mol. The fraction of sp³-hybridized carbons (Fsp3) is 0.529. The number of rotatable bonds is 4. The van der Waals surface area contributed by atoms with E-state index in [-0.39, 0.29) is 11.8 Å². The average Bonchev–Trinajstić information content (AvgIpc) is 2.78. The van der Waals surface area contributed by atoms with Gasteiger partial charge in [-0.1, -0.05) is 31.5 Å². The van der Waals surface area contributed by atoms with Gasteiger partial charge in [-0.25, -0.2) is 0 Å². The molecule has 4 nitrogen and oxygen atoms in total. The average molecular weight is 288 g/mol. The van der Waals surface area contributed by atoms with Crippen molar-refractivity contribution in [1.82, 2.24) is 5.32 Å². The van der Waals surface area contributed by atoms with Gasteiger partial charge in [0.15, 0.2) is 0 Å². The Balaban J connectivity index is 2.09. The van der Waals surface area contributed by atoms with Gasteiger partial charge >= 0.3 is 0 Å². The molecule has 4 heteroatoms. The van der Waals surface area contributed by atoms with Crippen LogP contribution in [-0.4, -0.2) is 24.9 Å². The van der Waals surface area contributed by atoms with Gasteiger partial charge in [-0.2, -0.15) is 0 Å². The largest absolute Gasteiger partial charge is 0.355 e. The molecule has 1 saturated heterocycles. The summed E-state index contributed by atoms with van der Waals surface area (Å²) in [6.07, 6.45) is 0.593. The Labute approximate surface area is 126 Å². The van der Waals surface area contributed by atoms with Crippen molar-refractivity contribution in [2.75, 3.05) is 18.0 Å². The van der Waals surface area contributed by atoms with Gasteiger partial charge in [-0.05, 0) is 37.8 Å². The van der Waals surface area contributed by atoms with Crippen LogP contribution in [-0.2, 0) is 9.59 Å². The molecule has 1 atom stereocenters. The number of aryl methyl sites for hydroxylation is 2. The van der Waals surface area contributed by atoms with Crippen LogP contribution < -0.4 is 10.2 Å². The lowest BCUT2D eigenvalue weighted by atomic mass is 10.1. The highest BCUT2D eigenvalue weighted by molar-refractivity contribution is 6.09. The van der Waals surface area contributed by atoms with Crippen molar-refractivity contribution in [2.45, 2.75) is 34.1 Å². The Morgan fingerprint density at radius 1 is 1.38 bits per heavy atom. The molecule has 1 unspecified atom stereocenters. The molecule has 0 spiro atoms. The first-order valence-corrected chi connectivity index (χ1v) is 7.56. The maximum Gasteiger partial charge on any atom is 0.239 e. The lowest BCUT2D eigenvalue weighted by molar-refractivity contribution is -0.132. The van der Waals surface area contributed by atoms with E-state index in [4.69, 9.17) is 0 Å². The van der Waals surface area contributed by atoms with Gasteiger partial charge in [-0.15, -0.1) is 0 Å². The fourth-order valence-corrected chi connectivity index (χ4v) is 2.70. The van der Waals surface area contributed by atoms with Crippen molar-refractivity contribution >= 4 is 17.5 Å². The van der Waals surface area contributed by atoms with E-state index >= 15 is 0 Å². The summed E-state index contributed by atoms with van der Waals surface area (Å²) in [6.45, 7) is 9.35. The first-order chi connectivity index (χ1) is 9.90. The summed E-state index contributed by atoms with van der Waals surface area (Å²) in [6, 6.07) is 6.04. The van der Waals surface area contributed by atoms with Crippen molar-refractivity contribution in [3.63, 3.8) is 0 Å². The minimum atomic E-state index is -0.538. The zero-order chi connectivity index (χ0) is 15.6. The second-order valence-electron chi connectivity index (χ2n) is 6.26. The Bertz CT molecular complexity index is 552. The van der Waals surface area contributed by atoms with Crippen molar-refractivity contribution < 1.29 is 9.59 Å². The highest BCUT2D eigenvalue weighted by Crippen LogP contribution is 2.28. The number of amides is 2. The first-order valence-electron chi connectivity index (χ1n) is 7.56. The van der Waals surface area contributed by atoms with E-state index in [1.165, 1.54) is 5.56 Å². The summed E-state index contributed by atoms with van der Waals surface area (Å²) in [7, 11) is 0. The van der Waals surface area contributed by atoms with Gasteiger partial charge < -0.3 is 10.2 Å². The normalized spacial score (nSPS) is 18.4. The van der Waals surface area contributed by atoms with Gasteiger partial charge in [0.25, 0.3) is 0 Å². The number of nitrogens with one attached hydrogen (secondary N) is 1. The molecule has 1 fully saturated rings. The predicted molar refractivity (Wildman–Crippen MR) is 84.2 cm³/mol. The van der Waals surface area contributed by atoms with Gasteiger partial charge in [0.2, 0.25) is 11.8 Å². The van der Waals surface area contributed by atoms with Crippen molar-refractivity contribution in [3.05, 3.63) is 29.3 Å². The highest BCUT2D eigenvalue weighted by Gasteiger charge is 2.37. The zero-order valence-corrected chi connectivity index (χ0v) is 13.3. The van der Waals surface area contributed by atoms with Crippen LogP contribution >= 0.6 is 0 Å². The SMILES string of the molecule is Cc1ccc(N2CCC(C(=O)NCC(C)C)C2=O)c(C)c1. The van der Waals surface area contributed by atoms with Gasteiger partial charge in [-0.3, -0.25) is 9.59 Å². The first kappa shape index (κ1) is 15.5. The molecule has 0 saturated carbocycles. The molecule has 21 heavy (non-hydrogen) atoms. The zero-order valence-electron chi connectivity index (χ0n) is 13.3. The van der Waals surface area contributed by atoms with Crippen LogP contribution in [0.1, 0.15) is 31.4 Å². The van der Waals surface area contributed by atoms with Crippen LogP contribution in [0.5, 0.6) is 0 Å². The van der Waals surface area contributed by atoms with Gasteiger partial charge in [0, 0.05) is 18.8 Å². The van der Waals surface area contributed by atoms with Crippen LogP contribution in [0, 0.1) is 25.7 Å². The Kier molecular flexibility index (Phi) is 4.66. The fourth-order valence-electron chi connectivity index (χ4n) is 2.70. The molecule has 1 aliphatic heterocycles. The molecule has 1 heterocycles. The second kappa shape index (κ2) is 6.29. The maximum absolute atomic E-state index is 12.5. The number of carbonyl (C=O) groups is 2. The summed E-state index contributed by atoms with van der Waals surface area (Å²) in [4.78, 5) is 26.4. The number of carbonyl (C=O) groups excluding carboxylic acids is 2. The van der Waals surface area contributed by atoms with E-state index in [9.17, 15) is 9.59 Å². The molecule has 1 N–H and O–H groups in total. The molecule has 1 aromatic rings. The Hall–Kier alpha value is -1.84. The molecule has 114 valence electrons. The standard InChI is InChI=1S/C17H24N2O2/c1-11(2)10-18-16(20)14-7-8-19(17(14)21)15-6-5-12(3)9-13(15)4/h5-6,9,11,14H,7-8,10H2,1-4H3,(H,18,20). The summed E-state index contributed by atoms with van der Waals surface area (Å²) < 4.78 is 0. The van der Waals surface area contributed by atoms with E-state index in [2.05, 4.69) is 11.4 Å². The smallest absolute Gasteiger partial charge is 0.239 e. The van der Waals surface area contributed by atoms with E-state index in [1.54, 1.807) is 4.90 Å². The molecule has 0 radical (unpaired) electrons. The van der Waals surface area contributed by atoms with E-state index in [0.29, 0.717) is 25.4 Å². The molecule has 0 aromatic heterocycles. The van der Waals surface area contributed by atoms with Crippen molar-refractivity contribution in [3.8, 4) is 0 Å². The second-order valence-corrected chi connectivity index (χ2v) is 6.26. The lowest BCUT2D eigenvalue weighted by Gasteiger charge is -2.19. The van der Waals surface area contributed by atoms with Gasteiger partial charge in [0.1, 0.15) is 5.92 Å². The molecule has 1 aromatic carbocycles. The quantitative estimate of drug-likeness (QED) is 0.865. The van der Waals surface area contributed by atoms with Crippen molar-refractivity contribution in [2.24, 2.45) is 11.8 Å². The molecular formula is C17H24N2O2. The molecule has 2 rings (SSSR count). The van der Waals surface area contributed by atoms with Crippen LogP contribution in [0.3, 0.4) is 0 Å². The molecule has 0 bridgehead atoms. The van der Waals surface area contributed by atoms with Crippen molar-refractivity contribution in [1.29, 1.82) is 0 Å². The highest BCUT2D eigenvalue weighted by atomic mass is 16.2. The molecule has 2 amide bonds. The van der Waals surface area contributed by atoms with Gasteiger partial charge in [0.05, 0.1) is 0 Å². The topological polar surface area (TPSA) is 49.4 Å². The summed E-state index contributed by atoms with van der Waals surface area (Å²) in [5.74, 6) is -0.366. The predicted octanol–water partition coefficient (Wildman–Crippen LogP) is 2.43. The van der Waals surface area contributed by atoms with Crippen LogP contribution in [0.15, 0.2) is 18.2 Å². The van der Waals surface area contributed by atoms with Crippen LogP contribution in [0.25, 0.3) is 0 Å². The van der Waals surface area contributed by atoms with E-state index in [1.807, 2.05) is 39.8 Å². The van der Waals surface area contributed by atoms with E-state index in [0.717, 1.165) is 11.3 Å². The monoisotopic (exact) mass is 288 g/mol. The summed E-state index contributed by atoms with van der Waals surface area (Å²) >= 11 is 0. The third kappa shape index (κ3) is 3.43. The van der Waals surface area contributed by atoms with Crippen LogP contribution in [0.4, 0.5) is 5.69 Å². The Morgan fingerprint density at radius 2 is 2.10 bits per heavy atom.